The summed E-state index contributed by atoms with van der Waals surface area (Å²) in [6, 6.07) is -1.26. The van der Waals surface area contributed by atoms with Crippen molar-refractivity contribution >= 4 is 17.7 Å². The average molecular weight is 239 g/mol. The topological polar surface area (TPSA) is 101 Å². The lowest BCUT2D eigenvalue weighted by Gasteiger charge is -2.17. The summed E-state index contributed by atoms with van der Waals surface area (Å²) in [5.74, 6) is -1.08. The standard InChI is InChI=1S/C11H17N3O3/c1-2-3-4-7(10(12)16)14-11(17)8-5-6-9(15)13-8/h2,7-8H,1,3-6H2,(H2,12,16)(H,13,15)(H,14,17)/t7-,8+/m1/s1. The van der Waals surface area contributed by atoms with Gasteiger partial charge in [-0.2, -0.15) is 0 Å². The van der Waals surface area contributed by atoms with Gasteiger partial charge in [0.2, 0.25) is 17.7 Å². The van der Waals surface area contributed by atoms with Crippen LogP contribution in [0.15, 0.2) is 12.7 Å². The molecule has 0 aromatic carbocycles. The first-order valence-electron chi connectivity index (χ1n) is 5.54. The van der Waals surface area contributed by atoms with E-state index in [0.29, 0.717) is 25.7 Å². The molecule has 0 saturated carbocycles. The average Bonchev–Trinajstić information content (AvgIpc) is 2.70. The Morgan fingerprint density at radius 1 is 1.65 bits per heavy atom. The minimum Gasteiger partial charge on any atom is -0.368 e. The van der Waals surface area contributed by atoms with Gasteiger partial charge < -0.3 is 16.4 Å². The molecule has 0 aromatic heterocycles. The molecule has 1 heterocycles. The number of allylic oxidation sites excluding steroid dienone is 1. The van der Waals surface area contributed by atoms with Crippen LogP contribution in [-0.2, 0) is 14.4 Å². The van der Waals surface area contributed by atoms with E-state index in [1.807, 2.05) is 0 Å². The highest BCUT2D eigenvalue weighted by Crippen LogP contribution is 2.07. The lowest BCUT2D eigenvalue weighted by Crippen LogP contribution is -2.50. The summed E-state index contributed by atoms with van der Waals surface area (Å²) < 4.78 is 0. The third kappa shape index (κ3) is 3.90. The van der Waals surface area contributed by atoms with Gasteiger partial charge in [0.15, 0.2) is 0 Å². The summed E-state index contributed by atoms with van der Waals surface area (Å²) in [4.78, 5) is 33.8. The number of carbonyl (C=O) groups excluding carboxylic acids is 3. The number of nitrogens with one attached hydrogen (secondary N) is 2. The van der Waals surface area contributed by atoms with Gasteiger partial charge in [-0.1, -0.05) is 6.08 Å². The van der Waals surface area contributed by atoms with Crippen molar-refractivity contribution in [1.82, 2.24) is 10.6 Å². The first kappa shape index (κ1) is 13.2. The van der Waals surface area contributed by atoms with E-state index in [4.69, 9.17) is 5.73 Å². The number of hydrogen-bond donors (Lipinski definition) is 3. The number of amides is 3. The Hall–Kier alpha value is -1.85. The van der Waals surface area contributed by atoms with Gasteiger partial charge in [-0.3, -0.25) is 14.4 Å². The van der Waals surface area contributed by atoms with Gasteiger partial charge in [-0.25, -0.2) is 0 Å². The highest BCUT2D eigenvalue weighted by atomic mass is 16.2. The quantitative estimate of drug-likeness (QED) is 0.529. The molecule has 0 spiro atoms. The zero-order valence-corrected chi connectivity index (χ0v) is 9.57. The zero-order chi connectivity index (χ0) is 12.8. The fourth-order valence-corrected chi connectivity index (χ4v) is 1.65. The van der Waals surface area contributed by atoms with Gasteiger partial charge >= 0.3 is 0 Å². The van der Waals surface area contributed by atoms with E-state index in [-0.39, 0.29) is 11.8 Å². The van der Waals surface area contributed by atoms with Crippen LogP contribution in [0.4, 0.5) is 0 Å². The first-order chi connectivity index (χ1) is 8.04. The van der Waals surface area contributed by atoms with Crippen molar-refractivity contribution in [2.75, 3.05) is 0 Å². The molecule has 17 heavy (non-hydrogen) atoms. The van der Waals surface area contributed by atoms with E-state index < -0.39 is 18.0 Å². The molecule has 0 unspecified atom stereocenters. The van der Waals surface area contributed by atoms with Crippen LogP contribution in [0.3, 0.4) is 0 Å². The van der Waals surface area contributed by atoms with Crippen LogP contribution in [0.1, 0.15) is 25.7 Å². The Balaban J connectivity index is 2.48. The van der Waals surface area contributed by atoms with E-state index >= 15 is 0 Å². The maximum Gasteiger partial charge on any atom is 0.243 e. The maximum atomic E-state index is 11.7. The number of nitrogens with two attached hydrogens (primary N) is 1. The molecule has 2 atom stereocenters. The summed E-state index contributed by atoms with van der Waals surface area (Å²) in [6.45, 7) is 3.54. The Kier molecular flexibility index (Phi) is 4.68. The van der Waals surface area contributed by atoms with Crippen LogP contribution >= 0.6 is 0 Å². The van der Waals surface area contributed by atoms with E-state index in [0.717, 1.165) is 0 Å². The van der Waals surface area contributed by atoms with E-state index in [2.05, 4.69) is 17.2 Å². The molecule has 0 radical (unpaired) electrons. The molecule has 0 aromatic rings. The maximum absolute atomic E-state index is 11.7. The van der Waals surface area contributed by atoms with Crippen molar-refractivity contribution in [3.05, 3.63) is 12.7 Å². The summed E-state index contributed by atoms with van der Waals surface area (Å²) >= 11 is 0. The minimum absolute atomic E-state index is 0.146. The summed E-state index contributed by atoms with van der Waals surface area (Å²) in [5.41, 5.74) is 5.18. The van der Waals surface area contributed by atoms with Crippen molar-refractivity contribution < 1.29 is 14.4 Å². The minimum atomic E-state index is -0.710. The largest absolute Gasteiger partial charge is 0.368 e. The lowest BCUT2D eigenvalue weighted by atomic mass is 10.1. The Bertz CT molecular complexity index is 341. The molecule has 6 nitrogen and oxygen atoms in total. The molecule has 4 N–H and O–H groups in total. The lowest BCUT2D eigenvalue weighted by molar-refractivity contribution is -0.129. The van der Waals surface area contributed by atoms with Gasteiger partial charge in [0.1, 0.15) is 12.1 Å². The number of primary amides is 1. The van der Waals surface area contributed by atoms with Gasteiger partial charge in [-0.15, -0.1) is 6.58 Å². The summed E-state index contributed by atoms with van der Waals surface area (Å²) in [7, 11) is 0. The second-order valence-corrected chi connectivity index (χ2v) is 3.99. The molecule has 0 bridgehead atoms. The van der Waals surface area contributed by atoms with Gasteiger partial charge in [0.05, 0.1) is 0 Å². The van der Waals surface area contributed by atoms with E-state index in [1.165, 1.54) is 0 Å². The van der Waals surface area contributed by atoms with E-state index in [9.17, 15) is 14.4 Å². The van der Waals surface area contributed by atoms with Crippen LogP contribution in [0, 0.1) is 0 Å². The summed E-state index contributed by atoms with van der Waals surface area (Å²) in [5, 5.41) is 5.07. The Labute approximate surface area is 99.6 Å². The molecule has 1 fully saturated rings. The van der Waals surface area contributed by atoms with Crippen molar-refractivity contribution in [1.29, 1.82) is 0 Å². The van der Waals surface area contributed by atoms with Crippen molar-refractivity contribution in [2.45, 2.75) is 37.8 Å². The number of rotatable bonds is 6. The predicted octanol–water partition coefficient (Wildman–Crippen LogP) is -0.799. The molecule has 1 aliphatic rings. The van der Waals surface area contributed by atoms with Crippen molar-refractivity contribution in [2.24, 2.45) is 5.73 Å². The smallest absolute Gasteiger partial charge is 0.243 e. The third-order valence-corrected chi connectivity index (χ3v) is 2.63. The van der Waals surface area contributed by atoms with Crippen LogP contribution in [0.25, 0.3) is 0 Å². The van der Waals surface area contributed by atoms with Crippen LogP contribution < -0.4 is 16.4 Å². The van der Waals surface area contributed by atoms with Crippen molar-refractivity contribution in [3.8, 4) is 0 Å². The highest BCUT2D eigenvalue weighted by molar-refractivity contribution is 5.93. The molecule has 1 rings (SSSR count). The predicted molar refractivity (Wildman–Crippen MR) is 61.7 cm³/mol. The molecule has 0 aliphatic carbocycles. The zero-order valence-electron chi connectivity index (χ0n) is 9.57. The molecule has 1 aliphatic heterocycles. The Morgan fingerprint density at radius 2 is 2.35 bits per heavy atom. The molecule has 94 valence electrons. The normalized spacial score (nSPS) is 20.5. The molecule has 1 saturated heterocycles. The SMILES string of the molecule is C=CCC[C@@H](NC(=O)[C@@H]1CCC(=O)N1)C(N)=O. The first-order valence-corrected chi connectivity index (χ1v) is 5.54. The van der Waals surface area contributed by atoms with Crippen LogP contribution in [0.5, 0.6) is 0 Å². The molecule has 3 amide bonds. The fraction of sp³-hybridized carbons (Fsp3) is 0.545. The highest BCUT2D eigenvalue weighted by Gasteiger charge is 2.29. The molecular formula is C11H17N3O3. The van der Waals surface area contributed by atoms with Crippen LogP contribution in [0.2, 0.25) is 0 Å². The van der Waals surface area contributed by atoms with Crippen LogP contribution in [-0.4, -0.2) is 29.8 Å². The monoisotopic (exact) mass is 239 g/mol. The fourth-order valence-electron chi connectivity index (χ4n) is 1.65. The van der Waals surface area contributed by atoms with Gasteiger partial charge in [0.25, 0.3) is 0 Å². The van der Waals surface area contributed by atoms with Gasteiger partial charge in [0, 0.05) is 6.42 Å². The van der Waals surface area contributed by atoms with E-state index in [1.54, 1.807) is 6.08 Å². The molecule has 6 heteroatoms. The second-order valence-electron chi connectivity index (χ2n) is 3.99. The van der Waals surface area contributed by atoms with Gasteiger partial charge in [-0.05, 0) is 19.3 Å². The van der Waals surface area contributed by atoms with Crippen molar-refractivity contribution in [3.63, 3.8) is 0 Å². The molecular weight excluding hydrogens is 222 g/mol. The summed E-state index contributed by atoms with van der Waals surface area (Å²) in [6.07, 6.45) is 3.46. The Morgan fingerprint density at radius 3 is 2.82 bits per heavy atom. The number of hydrogen-bond acceptors (Lipinski definition) is 3. The number of carbonyl (C=O) groups is 3. The third-order valence-electron chi connectivity index (χ3n) is 2.63. The second kappa shape index (κ2) is 6.03.